The standard InChI is InChI=1S/C24H24N2O6/c1-2-11-31-24(30)26-13-15(12-21(26)22(27)28)25-23(29)32-14-20-18-9-5-3-7-16(18)17-8-4-6-10-19(17)20/h2-10,15,20-21H,1,11-14H2,(H,25,29)(H,27,28)/t15-,21-/m1/s1. The largest absolute Gasteiger partial charge is 0.480 e. The SMILES string of the molecule is C=CCOC(=O)N1C[C@H](NC(=O)OCC2c3ccccc3-c3ccccc32)C[C@@H]1C(=O)O. The first-order chi connectivity index (χ1) is 15.5. The number of amides is 2. The van der Waals surface area contributed by atoms with Crippen LogP contribution < -0.4 is 5.32 Å². The van der Waals surface area contributed by atoms with Crippen LogP contribution in [0.1, 0.15) is 23.5 Å². The molecule has 166 valence electrons. The third kappa shape index (κ3) is 4.16. The highest BCUT2D eigenvalue weighted by atomic mass is 16.6. The number of benzene rings is 2. The Hall–Kier alpha value is -3.81. The molecule has 32 heavy (non-hydrogen) atoms. The minimum atomic E-state index is -1.16. The van der Waals surface area contributed by atoms with Crippen LogP contribution in [0.4, 0.5) is 9.59 Å². The Morgan fingerprint density at radius 1 is 1.06 bits per heavy atom. The summed E-state index contributed by atoms with van der Waals surface area (Å²) >= 11 is 0. The molecular weight excluding hydrogens is 412 g/mol. The van der Waals surface area contributed by atoms with Crippen LogP contribution in [0.3, 0.4) is 0 Å². The van der Waals surface area contributed by atoms with E-state index in [1.54, 1.807) is 0 Å². The molecule has 0 radical (unpaired) electrons. The van der Waals surface area contributed by atoms with Crippen LogP contribution in [0.15, 0.2) is 61.2 Å². The fourth-order valence-electron chi connectivity index (χ4n) is 4.40. The zero-order valence-corrected chi connectivity index (χ0v) is 17.4. The topological polar surface area (TPSA) is 105 Å². The first kappa shape index (κ1) is 21.4. The van der Waals surface area contributed by atoms with Crippen LogP contribution in [-0.2, 0) is 14.3 Å². The Morgan fingerprint density at radius 2 is 1.69 bits per heavy atom. The van der Waals surface area contributed by atoms with Gasteiger partial charge in [-0.05, 0) is 22.3 Å². The molecular formula is C24H24N2O6. The molecule has 8 heteroatoms. The summed E-state index contributed by atoms with van der Waals surface area (Å²) in [4.78, 5) is 37.2. The Bertz CT molecular complexity index is 1010. The second kappa shape index (κ2) is 9.13. The lowest BCUT2D eigenvalue weighted by Crippen LogP contribution is -2.42. The normalized spacial score (nSPS) is 19.1. The van der Waals surface area contributed by atoms with Crippen LogP contribution in [0.2, 0.25) is 0 Å². The predicted molar refractivity (Wildman–Crippen MR) is 116 cm³/mol. The molecule has 0 spiro atoms. The molecule has 1 fully saturated rings. The van der Waals surface area contributed by atoms with E-state index in [4.69, 9.17) is 9.47 Å². The third-order valence-electron chi connectivity index (χ3n) is 5.81. The van der Waals surface area contributed by atoms with Crippen LogP contribution >= 0.6 is 0 Å². The fraction of sp³-hybridized carbons (Fsp3) is 0.292. The number of carboxylic acid groups (broad SMARTS) is 1. The van der Waals surface area contributed by atoms with Crippen molar-refractivity contribution >= 4 is 18.2 Å². The van der Waals surface area contributed by atoms with Crippen molar-refractivity contribution in [2.75, 3.05) is 19.8 Å². The number of nitrogens with one attached hydrogen (secondary N) is 1. The molecule has 1 saturated heterocycles. The van der Waals surface area contributed by atoms with Crippen molar-refractivity contribution in [2.45, 2.75) is 24.4 Å². The number of carbonyl (C=O) groups excluding carboxylic acids is 2. The van der Waals surface area contributed by atoms with Gasteiger partial charge < -0.3 is 19.9 Å². The summed E-state index contributed by atoms with van der Waals surface area (Å²) in [5, 5.41) is 12.1. The van der Waals surface area contributed by atoms with Crippen molar-refractivity contribution in [2.24, 2.45) is 0 Å². The molecule has 2 N–H and O–H groups in total. The van der Waals surface area contributed by atoms with Gasteiger partial charge in [-0.25, -0.2) is 14.4 Å². The van der Waals surface area contributed by atoms with E-state index in [9.17, 15) is 19.5 Å². The predicted octanol–water partition coefficient (Wildman–Crippen LogP) is 3.38. The zero-order valence-electron chi connectivity index (χ0n) is 17.4. The molecule has 2 aromatic rings. The summed E-state index contributed by atoms with van der Waals surface area (Å²) in [7, 11) is 0. The number of likely N-dealkylation sites (tertiary alicyclic amines) is 1. The highest BCUT2D eigenvalue weighted by Crippen LogP contribution is 2.44. The van der Waals surface area contributed by atoms with Gasteiger partial charge in [0.25, 0.3) is 0 Å². The van der Waals surface area contributed by atoms with Gasteiger partial charge >= 0.3 is 18.2 Å². The minimum Gasteiger partial charge on any atom is -0.480 e. The lowest BCUT2D eigenvalue weighted by atomic mass is 9.98. The van der Waals surface area contributed by atoms with Crippen LogP contribution in [0.25, 0.3) is 11.1 Å². The lowest BCUT2D eigenvalue weighted by molar-refractivity contribution is -0.141. The average Bonchev–Trinajstić information content (AvgIpc) is 3.36. The molecule has 1 heterocycles. The number of carbonyl (C=O) groups is 3. The van der Waals surface area contributed by atoms with Crippen molar-refractivity contribution in [1.29, 1.82) is 0 Å². The summed E-state index contributed by atoms with van der Waals surface area (Å²) in [6, 6.07) is 14.4. The van der Waals surface area contributed by atoms with Gasteiger partial charge in [-0.15, -0.1) is 0 Å². The summed E-state index contributed by atoms with van der Waals surface area (Å²) in [5.74, 6) is -1.23. The molecule has 2 atom stereocenters. The first-order valence-electron chi connectivity index (χ1n) is 10.4. The van der Waals surface area contributed by atoms with E-state index < -0.39 is 30.2 Å². The molecule has 1 aliphatic heterocycles. The van der Waals surface area contributed by atoms with Crippen molar-refractivity contribution in [3.63, 3.8) is 0 Å². The Kier molecular flexibility index (Phi) is 6.11. The zero-order chi connectivity index (χ0) is 22.7. The summed E-state index contributed by atoms with van der Waals surface area (Å²) in [6.07, 6.45) is 0.0650. The molecule has 2 aliphatic rings. The van der Waals surface area contributed by atoms with Gasteiger partial charge in [-0.2, -0.15) is 0 Å². The Balaban J connectivity index is 1.38. The smallest absolute Gasteiger partial charge is 0.410 e. The monoisotopic (exact) mass is 436 g/mol. The van der Waals surface area contributed by atoms with Gasteiger partial charge in [0, 0.05) is 18.9 Å². The number of rotatable bonds is 6. The van der Waals surface area contributed by atoms with Gasteiger partial charge in [0.2, 0.25) is 0 Å². The lowest BCUT2D eigenvalue weighted by Gasteiger charge is -2.20. The Labute approximate surface area is 185 Å². The first-order valence-corrected chi connectivity index (χ1v) is 10.4. The van der Waals surface area contributed by atoms with Crippen molar-refractivity contribution in [3.05, 3.63) is 72.3 Å². The molecule has 1 aliphatic carbocycles. The van der Waals surface area contributed by atoms with Crippen molar-refractivity contribution in [3.8, 4) is 11.1 Å². The number of hydrogen-bond donors (Lipinski definition) is 2. The second-order valence-corrected chi connectivity index (χ2v) is 7.77. The second-order valence-electron chi connectivity index (χ2n) is 7.77. The third-order valence-corrected chi connectivity index (χ3v) is 5.81. The van der Waals surface area contributed by atoms with E-state index in [0.717, 1.165) is 27.2 Å². The summed E-state index contributed by atoms with van der Waals surface area (Å²) < 4.78 is 10.5. The van der Waals surface area contributed by atoms with Gasteiger partial charge in [0.05, 0.1) is 6.04 Å². The van der Waals surface area contributed by atoms with Crippen LogP contribution in [0.5, 0.6) is 0 Å². The highest BCUT2D eigenvalue weighted by molar-refractivity contribution is 5.81. The van der Waals surface area contributed by atoms with E-state index in [1.807, 2.05) is 36.4 Å². The van der Waals surface area contributed by atoms with Crippen molar-refractivity contribution in [1.82, 2.24) is 10.2 Å². The molecule has 8 nitrogen and oxygen atoms in total. The van der Waals surface area contributed by atoms with E-state index in [2.05, 4.69) is 24.0 Å². The maximum atomic E-state index is 12.5. The van der Waals surface area contributed by atoms with Gasteiger partial charge in [-0.3, -0.25) is 4.90 Å². The maximum absolute atomic E-state index is 12.5. The number of alkyl carbamates (subject to hydrolysis) is 1. The number of hydrogen-bond acceptors (Lipinski definition) is 5. The number of fused-ring (bicyclic) bond motifs is 3. The average molecular weight is 436 g/mol. The van der Waals surface area contributed by atoms with E-state index >= 15 is 0 Å². The highest BCUT2D eigenvalue weighted by Gasteiger charge is 2.41. The molecule has 0 unspecified atom stereocenters. The molecule has 0 bridgehead atoms. The van der Waals surface area contributed by atoms with Gasteiger partial charge in [0.15, 0.2) is 0 Å². The van der Waals surface area contributed by atoms with Gasteiger partial charge in [-0.1, -0.05) is 61.2 Å². The number of ether oxygens (including phenoxy) is 2. The number of aliphatic carboxylic acids is 1. The Morgan fingerprint density at radius 3 is 2.28 bits per heavy atom. The molecule has 2 aromatic carbocycles. The van der Waals surface area contributed by atoms with Crippen LogP contribution in [-0.4, -0.2) is 60.0 Å². The van der Waals surface area contributed by atoms with Gasteiger partial charge in [0.1, 0.15) is 19.3 Å². The quantitative estimate of drug-likeness (QED) is 0.673. The van der Waals surface area contributed by atoms with E-state index in [-0.39, 0.29) is 32.1 Å². The molecule has 2 amide bonds. The summed E-state index contributed by atoms with van der Waals surface area (Å²) in [5.41, 5.74) is 4.46. The fourth-order valence-corrected chi connectivity index (χ4v) is 4.40. The maximum Gasteiger partial charge on any atom is 0.410 e. The van der Waals surface area contributed by atoms with E-state index in [1.165, 1.54) is 6.08 Å². The molecule has 0 saturated carbocycles. The van der Waals surface area contributed by atoms with Crippen molar-refractivity contribution < 1.29 is 29.0 Å². The summed E-state index contributed by atoms with van der Waals surface area (Å²) in [6.45, 7) is 3.62. The minimum absolute atomic E-state index is 0.0217. The molecule has 4 rings (SSSR count). The van der Waals surface area contributed by atoms with E-state index in [0.29, 0.717) is 0 Å². The molecule has 0 aromatic heterocycles. The van der Waals surface area contributed by atoms with Crippen LogP contribution in [0, 0.1) is 0 Å². The number of nitrogens with zero attached hydrogens (tertiary/aromatic N) is 1. The number of carboxylic acids is 1.